The highest BCUT2D eigenvalue weighted by molar-refractivity contribution is 7.39. The summed E-state index contributed by atoms with van der Waals surface area (Å²) in [6.45, 7) is -0.0873. The third-order valence-corrected chi connectivity index (χ3v) is 15.8. The zero-order valence-corrected chi connectivity index (χ0v) is 38.6. The van der Waals surface area contributed by atoms with Crippen molar-refractivity contribution in [3.05, 3.63) is 255 Å². The van der Waals surface area contributed by atoms with E-state index >= 15 is 0 Å². The highest BCUT2D eigenvalue weighted by atomic mass is 32.1. The van der Waals surface area contributed by atoms with Crippen molar-refractivity contribution in [2.24, 2.45) is 0 Å². The summed E-state index contributed by atoms with van der Waals surface area (Å²) < 4.78 is 2.68. The summed E-state index contributed by atoms with van der Waals surface area (Å²) in [4.78, 5) is 10.1. The van der Waals surface area contributed by atoms with Crippen LogP contribution in [-0.4, -0.2) is 6.71 Å². The molecule has 9 aromatic carbocycles. The van der Waals surface area contributed by atoms with Crippen LogP contribution in [0.25, 0.3) is 43.1 Å². The van der Waals surface area contributed by atoms with Crippen molar-refractivity contribution in [1.82, 2.24) is 0 Å². The Morgan fingerprint density at radius 2 is 0.632 bits per heavy atom. The SMILES string of the molecule is c1ccc(-c2sc3c(c2-c2ccccc2)N(c2ccccc2)c2cc(N(c4ccccc4)c4ccccc4)cc4c2B3c2sc(-c3ccccc3)c(-c3ccccc3)c2N4c2ccccc2)cc1. The Hall–Kier alpha value is -8.16. The number of hydrogen-bond acceptors (Lipinski definition) is 5. The Morgan fingerprint density at radius 3 is 0.985 bits per heavy atom. The summed E-state index contributed by atoms with van der Waals surface area (Å²) in [6, 6.07) is 92.8. The molecule has 0 unspecified atom stereocenters. The van der Waals surface area contributed by atoms with Crippen molar-refractivity contribution in [2.75, 3.05) is 14.7 Å². The third-order valence-electron chi connectivity index (χ3n) is 13.2. The zero-order valence-electron chi connectivity index (χ0n) is 37.0. The van der Waals surface area contributed by atoms with Crippen LogP contribution in [0.2, 0.25) is 0 Å². The molecule has 0 saturated carbocycles. The van der Waals surface area contributed by atoms with Crippen LogP contribution in [0.15, 0.2) is 255 Å². The summed E-state index contributed by atoms with van der Waals surface area (Å²) in [5.74, 6) is 0. The van der Waals surface area contributed by atoms with Gasteiger partial charge in [0.2, 0.25) is 0 Å². The Bertz CT molecular complexity index is 3320. The van der Waals surface area contributed by atoms with E-state index in [1.165, 1.54) is 69.5 Å². The van der Waals surface area contributed by atoms with E-state index in [1.54, 1.807) is 0 Å². The minimum Gasteiger partial charge on any atom is -0.310 e. The maximum absolute atomic E-state index is 2.59. The first-order valence-corrected chi connectivity index (χ1v) is 24.8. The number of anilines is 9. The van der Waals surface area contributed by atoms with Crippen LogP contribution in [0.5, 0.6) is 0 Å². The molecule has 0 radical (unpaired) electrons. The normalized spacial score (nSPS) is 12.3. The molecule has 11 aromatic rings. The van der Waals surface area contributed by atoms with Crippen molar-refractivity contribution in [1.29, 1.82) is 0 Å². The minimum atomic E-state index is -0.0873. The van der Waals surface area contributed by atoms with Gasteiger partial charge in [0.15, 0.2) is 0 Å². The lowest BCUT2D eigenvalue weighted by Gasteiger charge is -2.43. The highest BCUT2D eigenvalue weighted by Crippen LogP contribution is 2.56. The van der Waals surface area contributed by atoms with E-state index in [0.29, 0.717) is 0 Å². The van der Waals surface area contributed by atoms with Gasteiger partial charge in [-0.25, -0.2) is 0 Å². The zero-order chi connectivity index (χ0) is 45.0. The second-order valence-corrected chi connectivity index (χ2v) is 19.3. The number of nitrogens with zero attached hydrogens (tertiary/aromatic N) is 3. The number of rotatable bonds is 9. The van der Waals surface area contributed by atoms with E-state index in [2.05, 4.69) is 269 Å². The number of thiophene rings is 2. The summed E-state index contributed by atoms with van der Waals surface area (Å²) in [5.41, 5.74) is 18.9. The molecule has 2 aliphatic rings. The molecular formula is C62H42BN3S2. The lowest BCUT2D eigenvalue weighted by molar-refractivity contribution is 1.23. The van der Waals surface area contributed by atoms with Crippen LogP contribution in [-0.2, 0) is 0 Å². The van der Waals surface area contributed by atoms with Gasteiger partial charge in [-0.05, 0) is 88.4 Å². The van der Waals surface area contributed by atoms with Gasteiger partial charge in [0, 0.05) is 64.6 Å². The van der Waals surface area contributed by atoms with Gasteiger partial charge < -0.3 is 14.7 Å². The van der Waals surface area contributed by atoms with Gasteiger partial charge >= 0.3 is 0 Å². The summed E-state index contributed by atoms with van der Waals surface area (Å²) in [7, 11) is 0. The summed E-state index contributed by atoms with van der Waals surface area (Å²) >= 11 is 3.91. The van der Waals surface area contributed by atoms with Gasteiger partial charge in [-0.3, -0.25) is 0 Å². The topological polar surface area (TPSA) is 9.72 Å². The fourth-order valence-electron chi connectivity index (χ4n) is 10.4. The van der Waals surface area contributed by atoms with Crippen LogP contribution >= 0.6 is 22.7 Å². The Labute approximate surface area is 405 Å². The molecule has 68 heavy (non-hydrogen) atoms. The lowest BCUT2D eigenvalue weighted by Crippen LogP contribution is -2.59. The van der Waals surface area contributed by atoms with E-state index in [0.717, 1.165) is 39.8 Å². The van der Waals surface area contributed by atoms with Crippen molar-refractivity contribution in [3.8, 4) is 43.1 Å². The molecule has 3 nitrogen and oxygen atoms in total. The van der Waals surface area contributed by atoms with Gasteiger partial charge in [-0.1, -0.05) is 194 Å². The van der Waals surface area contributed by atoms with Gasteiger partial charge in [-0.2, -0.15) is 0 Å². The fraction of sp³-hybridized carbons (Fsp3) is 0. The molecule has 0 N–H and O–H groups in total. The maximum Gasteiger partial charge on any atom is 0.277 e. The number of para-hydroxylation sites is 4. The fourth-order valence-corrected chi connectivity index (χ4v) is 13.3. The Balaban J connectivity index is 1.23. The van der Waals surface area contributed by atoms with Gasteiger partial charge in [0.25, 0.3) is 6.71 Å². The highest BCUT2D eigenvalue weighted by Gasteiger charge is 2.49. The van der Waals surface area contributed by atoms with E-state index in [9.17, 15) is 0 Å². The maximum atomic E-state index is 2.59. The van der Waals surface area contributed by atoms with Crippen molar-refractivity contribution in [2.45, 2.75) is 0 Å². The average molecular weight is 904 g/mol. The molecule has 0 atom stereocenters. The standard InChI is InChI=1S/C62H42BN3S2/c1-9-25-43(26-10-1)54-57-61(67-59(54)45-29-13-3-14-30-45)63-56-52(65(57)49-37-21-7-22-38-49)41-51(64(47-33-17-5-18-34-47)48-35-19-6-20-36-48)42-53(56)66(50-39-23-8-24-40-50)58-55(44-27-11-2-12-28-44)60(68-62(58)63)46-31-15-4-16-32-46/h1-42H. The quantitative estimate of drug-likeness (QED) is 0.134. The minimum absolute atomic E-state index is 0.0873. The predicted molar refractivity (Wildman–Crippen MR) is 293 cm³/mol. The molecule has 13 rings (SSSR count). The molecule has 0 amide bonds. The summed E-state index contributed by atoms with van der Waals surface area (Å²) in [6.07, 6.45) is 0. The van der Waals surface area contributed by atoms with E-state index < -0.39 is 0 Å². The molecule has 320 valence electrons. The second kappa shape index (κ2) is 16.9. The van der Waals surface area contributed by atoms with Gasteiger partial charge in [0.05, 0.1) is 17.1 Å². The predicted octanol–water partition coefficient (Wildman–Crippen LogP) is 16.0. The van der Waals surface area contributed by atoms with Crippen LogP contribution in [0.1, 0.15) is 0 Å². The van der Waals surface area contributed by atoms with Crippen molar-refractivity contribution in [3.63, 3.8) is 0 Å². The van der Waals surface area contributed by atoms with Crippen LogP contribution in [0.3, 0.4) is 0 Å². The molecule has 6 heteroatoms. The first kappa shape index (κ1) is 40.1. The molecule has 4 heterocycles. The number of hydrogen-bond donors (Lipinski definition) is 0. The first-order chi connectivity index (χ1) is 33.8. The second-order valence-electron chi connectivity index (χ2n) is 17.2. The first-order valence-electron chi connectivity index (χ1n) is 23.1. The molecule has 0 saturated heterocycles. The number of fused-ring (bicyclic) bond motifs is 4. The van der Waals surface area contributed by atoms with Gasteiger partial charge in [0.1, 0.15) is 0 Å². The van der Waals surface area contributed by atoms with E-state index in [4.69, 9.17) is 0 Å². The Kier molecular flexibility index (Phi) is 10.00. The van der Waals surface area contributed by atoms with Crippen molar-refractivity contribution >= 4 is 95.6 Å². The molecule has 0 bridgehead atoms. The Morgan fingerprint density at radius 1 is 0.324 bits per heavy atom. The molecule has 2 aromatic heterocycles. The van der Waals surface area contributed by atoms with Gasteiger partial charge in [-0.15, -0.1) is 22.7 Å². The number of benzene rings is 9. The lowest BCUT2D eigenvalue weighted by atomic mass is 9.39. The molecular weight excluding hydrogens is 862 g/mol. The van der Waals surface area contributed by atoms with Crippen molar-refractivity contribution < 1.29 is 0 Å². The monoisotopic (exact) mass is 903 g/mol. The van der Waals surface area contributed by atoms with Crippen LogP contribution in [0, 0.1) is 0 Å². The third kappa shape index (κ3) is 6.63. The molecule has 0 aliphatic carbocycles. The summed E-state index contributed by atoms with van der Waals surface area (Å²) in [5, 5.41) is 0. The largest absolute Gasteiger partial charge is 0.310 e. The average Bonchev–Trinajstić information content (AvgIpc) is 4.01. The molecule has 0 fully saturated rings. The molecule has 2 aliphatic heterocycles. The molecule has 0 spiro atoms. The van der Waals surface area contributed by atoms with E-state index in [1.807, 2.05) is 22.7 Å². The van der Waals surface area contributed by atoms with E-state index in [-0.39, 0.29) is 6.71 Å². The van der Waals surface area contributed by atoms with Crippen LogP contribution in [0.4, 0.5) is 51.2 Å². The van der Waals surface area contributed by atoms with Crippen LogP contribution < -0.4 is 29.7 Å². The smallest absolute Gasteiger partial charge is 0.277 e.